The highest BCUT2D eigenvalue weighted by Crippen LogP contribution is 2.38. The zero-order chi connectivity index (χ0) is 12.8. The zero-order valence-corrected chi connectivity index (χ0v) is 13.5. The van der Waals surface area contributed by atoms with Crippen LogP contribution in [0.5, 0.6) is 5.88 Å². The van der Waals surface area contributed by atoms with Gasteiger partial charge in [-0.1, -0.05) is 53.8 Å². The third kappa shape index (κ3) is 1.93. The van der Waals surface area contributed by atoms with E-state index in [1.807, 2.05) is 52.9 Å². The third-order valence-electron chi connectivity index (χ3n) is 3.13. The van der Waals surface area contributed by atoms with Crippen molar-refractivity contribution in [2.24, 2.45) is 0 Å². The SMILES string of the molecule is Oc1c(-c2ccccc2)sc2sc3ccccc3[n+]12.[Br-]. The molecule has 0 atom stereocenters. The largest absolute Gasteiger partial charge is 1.00 e. The van der Waals surface area contributed by atoms with Crippen molar-refractivity contribution in [2.45, 2.75) is 0 Å². The summed E-state index contributed by atoms with van der Waals surface area (Å²) in [5.74, 6) is 0.337. The predicted octanol–water partition coefficient (Wildman–Crippen LogP) is 1.08. The van der Waals surface area contributed by atoms with Gasteiger partial charge in [0.1, 0.15) is 4.70 Å². The van der Waals surface area contributed by atoms with Gasteiger partial charge in [0.05, 0.1) is 0 Å². The molecule has 5 heteroatoms. The van der Waals surface area contributed by atoms with Crippen molar-refractivity contribution in [2.75, 3.05) is 0 Å². The minimum Gasteiger partial charge on any atom is -1.00 e. The van der Waals surface area contributed by atoms with E-state index >= 15 is 0 Å². The average molecular weight is 364 g/mol. The fourth-order valence-corrected chi connectivity index (χ4v) is 4.69. The summed E-state index contributed by atoms with van der Waals surface area (Å²) < 4.78 is 4.24. The number of para-hydroxylation sites is 1. The smallest absolute Gasteiger partial charge is 0.391 e. The van der Waals surface area contributed by atoms with Gasteiger partial charge < -0.3 is 22.1 Å². The van der Waals surface area contributed by atoms with Crippen LogP contribution in [0.3, 0.4) is 0 Å². The van der Waals surface area contributed by atoms with E-state index in [4.69, 9.17) is 0 Å². The molecule has 0 spiro atoms. The summed E-state index contributed by atoms with van der Waals surface area (Å²) in [7, 11) is 0. The number of aromatic hydroxyl groups is 1. The highest BCUT2D eigenvalue weighted by Gasteiger charge is 2.26. The monoisotopic (exact) mass is 363 g/mol. The number of hydrogen-bond donors (Lipinski definition) is 1. The number of halogens is 1. The average Bonchev–Trinajstić information content (AvgIpc) is 2.97. The van der Waals surface area contributed by atoms with E-state index in [0.29, 0.717) is 5.88 Å². The van der Waals surface area contributed by atoms with Gasteiger partial charge in [-0.2, -0.15) is 0 Å². The van der Waals surface area contributed by atoms with E-state index < -0.39 is 0 Å². The van der Waals surface area contributed by atoms with Crippen LogP contribution in [-0.2, 0) is 0 Å². The Hall–Kier alpha value is -1.43. The lowest BCUT2D eigenvalue weighted by Crippen LogP contribution is -3.00. The number of thiazole rings is 2. The second-order valence-electron chi connectivity index (χ2n) is 4.29. The van der Waals surface area contributed by atoms with E-state index in [-0.39, 0.29) is 17.0 Å². The molecule has 0 bridgehead atoms. The summed E-state index contributed by atoms with van der Waals surface area (Å²) in [6, 6.07) is 18.2. The molecule has 0 radical (unpaired) electrons. The molecule has 0 saturated carbocycles. The van der Waals surface area contributed by atoms with Crippen LogP contribution in [0, 0.1) is 0 Å². The fraction of sp³-hybridized carbons (Fsp3) is 0. The molecule has 2 heterocycles. The maximum absolute atomic E-state index is 10.5. The minimum absolute atomic E-state index is 0. The van der Waals surface area contributed by atoms with Crippen molar-refractivity contribution < 1.29 is 26.5 Å². The van der Waals surface area contributed by atoms with Crippen LogP contribution in [0.1, 0.15) is 0 Å². The van der Waals surface area contributed by atoms with Crippen molar-refractivity contribution in [3.8, 4) is 16.3 Å². The van der Waals surface area contributed by atoms with Crippen molar-refractivity contribution in [3.63, 3.8) is 0 Å². The van der Waals surface area contributed by atoms with Crippen molar-refractivity contribution in [3.05, 3.63) is 54.6 Å². The maximum Gasteiger partial charge on any atom is 0.391 e. The van der Waals surface area contributed by atoms with E-state index in [2.05, 4.69) is 6.07 Å². The van der Waals surface area contributed by atoms with Crippen LogP contribution in [0.2, 0.25) is 0 Å². The van der Waals surface area contributed by atoms with E-state index in [9.17, 15) is 5.11 Å². The van der Waals surface area contributed by atoms with E-state index in [0.717, 1.165) is 20.1 Å². The zero-order valence-electron chi connectivity index (χ0n) is 10.3. The molecule has 4 rings (SSSR count). The summed E-state index contributed by atoms with van der Waals surface area (Å²) in [5, 5.41) is 10.5. The minimum atomic E-state index is 0. The second kappa shape index (κ2) is 5.16. The molecule has 20 heavy (non-hydrogen) atoms. The molecule has 0 fully saturated rings. The van der Waals surface area contributed by atoms with E-state index in [1.165, 1.54) is 4.70 Å². The lowest BCUT2D eigenvalue weighted by atomic mass is 10.2. The molecule has 0 aliphatic heterocycles. The highest BCUT2D eigenvalue weighted by molar-refractivity contribution is 7.39. The first kappa shape index (κ1) is 13.5. The third-order valence-corrected chi connectivity index (χ3v) is 5.53. The number of fused-ring (bicyclic) bond motifs is 3. The van der Waals surface area contributed by atoms with Gasteiger partial charge >= 0.3 is 10.0 Å². The standard InChI is InChI=1S/C15H9NOS2.BrH/c17-14-13(10-6-2-1-3-7-10)19-15-16(14)11-8-4-5-9-12(11)18-15;/h1-9H;1H. The summed E-state index contributed by atoms with van der Waals surface area (Å²) in [6.45, 7) is 0. The maximum atomic E-state index is 10.5. The number of aromatic nitrogens is 1. The Kier molecular flexibility index (Phi) is 3.50. The van der Waals surface area contributed by atoms with Gasteiger partial charge in [-0.25, -0.2) is 0 Å². The second-order valence-corrected chi connectivity index (χ2v) is 6.58. The molecule has 0 aliphatic rings. The van der Waals surface area contributed by atoms with Gasteiger partial charge in [0.15, 0.2) is 4.88 Å². The quantitative estimate of drug-likeness (QED) is 0.503. The van der Waals surface area contributed by atoms with Gasteiger partial charge in [0, 0.05) is 11.6 Å². The van der Waals surface area contributed by atoms with Crippen LogP contribution in [-0.4, -0.2) is 5.11 Å². The molecule has 2 nitrogen and oxygen atoms in total. The molecule has 100 valence electrons. The van der Waals surface area contributed by atoms with Crippen LogP contribution in [0.4, 0.5) is 0 Å². The Bertz CT molecular complexity index is 883. The summed E-state index contributed by atoms with van der Waals surface area (Å²) in [5.41, 5.74) is 2.13. The van der Waals surface area contributed by atoms with Crippen molar-refractivity contribution in [1.82, 2.24) is 0 Å². The summed E-state index contributed by atoms with van der Waals surface area (Å²) >= 11 is 3.35. The Morgan fingerprint density at radius 1 is 0.850 bits per heavy atom. The molecule has 0 aliphatic carbocycles. The normalized spacial score (nSPS) is 10.8. The topological polar surface area (TPSA) is 24.3 Å². The molecular formula is C15H10BrNOS2. The molecule has 2 aromatic carbocycles. The predicted molar refractivity (Wildman–Crippen MR) is 80.0 cm³/mol. The van der Waals surface area contributed by atoms with Crippen molar-refractivity contribution in [1.29, 1.82) is 0 Å². The number of benzene rings is 2. The number of rotatable bonds is 1. The van der Waals surface area contributed by atoms with Gasteiger partial charge in [-0.3, -0.25) is 0 Å². The number of hydrogen-bond acceptors (Lipinski definition) is 3. The van der Waals surface area contributed by atoms with Crippen LogP contribution in [0.25, 0.3) is 24.8 Å². The molecule has 1 N–H and O–H groups in total. The van der Waals surface area contributed by atoms with Crippen LogP contribution in [0.15, 0.2) is 54.6 Å². The van der Waals surface area contributed by atoms with E-state index in [1.54, 1.807) is 22.7 Å². The molecule has 0 unspecified atom stereocenters. The van der Waals surface area contributed by atoms with Gasteiger partial charge in [0.25, 0.3) is 0 Å². The molecule has 0 saturated heterocycles. The first-order valence-corrected chi connectivity index (χ1v) is 7.58. The first-order valence-electron chi connectivity index (χ1n) is 5.95. The van der Waals surface area contributed by atoms with Crippen LogP contribution >= 0.6 is 22.7 Å². The molecule has 4 aromatic rings. The highest BCUT2D eigenvalue weighted by atomic mass is 79.9. The lowest BCUT2D eigenvalue weighted by Gasteiger charge is -1.93. The first-order chi connectivity index (χ1) is 9.34. The van der Waals surface area contributed by atoms with Gasteiger partial charge in [0.2, 0.25) is 5.52 Å². The van der Waals surface area contributed by atoms with Crippen molar-refractivity contribution >= 4 is 37.0 Å². The molecule has 2 aromatic heterocycles. The summed E-state index contributed by atoms with van der Waals surface area (Å²) in [6.07, 6.45) is 0. The molecular weight excluding hydrogens is 354 g/mol. The Labute approximate surface area is 134 Å². The van der Waals surface area contributed by atoms with Gasteiger partial charge in [-0.15, -0.1) is 4.40 Å². The summed E-state index contributed by atoms with van der Waals surface area (Å²) in [4.78, 5) is 0.928. The lowest BCUT2D eigenvalue weighted by molar-refractivity contribution is -0.484. The molecule has 0 amide bonds. The Balaban J connectivity index is 0.00000121. The Morgan fingerprint density at radius 2 is 1.55 bits per heavy atom. The van der Waals surface area contributed by atoms with Gasteiger partial charge in [-0.05, 0) is 17.4 Å². The van der Waals surface area contributed by atoms with Crippen LogP contribution < -0.4 is 21.4 Å². The fourth-order valence-electron chi connectivity index (χ4n) is 2.25. The number of nitrogens with zero attached hydrogens (tertiary/aromatic N) is 1. The Morgan fingerprint density at radius 3 is 2.35 bits per heavy atom.